The molecule has 2 saturated heterocycles. The van der Waals surface area contributed by atoms with Gasteiger partial charge in [-0.05, 0) is 49.4 Å². The van der Waals surface area contributed by atoms with Crippen LogP contribution in [0.4, 0.5) is 0 Å². The van der Waals surface area contributed by atoms with Crippen LogP contribution >= 0.6 is 0 Å². The van der Waals surface area contributed by atoms with E-state index >= 15 is 0 Å². The summed E-state index contributed by atoms with van der Waals surface area (Å²) in [4.78, 5) is 0.304. The molecule has 2 aliphatic heterocycles. The lowest BCUT2D eigenvalue weighted by Crippen LogP contribution is -2.45. The summed E-state index contributed by atoms with van der Waals surface area (Å²) in [5, 5.41) is 9.38. The van der Waals surface area contributed by atoms with Crippen molar-refractivity contribution in [2.24, 2.45) is 0 Å². The van der Waals surface area contributed by atoms with Gasteiger partial charge in [0.05, 0.1) is 23.7 Å². The van der Waals surface area contributed by atoms with Crippen LogP contribution in [0.15, 0.2) is 17.0 Å². The van der Waals surface area contributed by atoms with Gasteiger partial charge in [0.15, 0.2) is 0 Å². The molecule has 2 heterocycles. The molecule has 0 radical (unpaired) electrons. The van der Waals surface area contributed by atoms with Gasteiger partial charge in [-0.15, -0.1) is 0 Å². The van der Waals surface area contributed by atoms with Crippen LogP contribution in [0.25, 0.3) is 0 Å². The Hall–Kier alpha value is -0.950. The second-order valence-electron chi connectivity index (χ2n) is 5.98. The SMILES string of the molecule is Cc1cc(C)c(S(=O)(=O)N2CC3CCC(C2)O3)cc1CO. The molecule has 0 aromatic heterocycles. The number of ether oxygens (including phenoxy) is 1. The van der Waals surface area contributed by atoms with Crippen molar-refractivity contribution in [1.29, 1.82) is 0 Å². The monoisotopic (exact) mass is 311 g/mol. The van der Waals surface area contributed by atoms with Crippen molar-refractivity contribution in [2.75, 3.05) is 13.1 Å². The van der Waals surface area contributed by atoms with Crippen LogP contribution in [0.3, 0.4) is 0 Å². The van der Waals surface area contributed by atoms with E-state index in [1.807, 2.05) is 13.0 Å². The van der Waals surface area contributed by atoms with Gasteiger partial charge in [0.25, 0.3) is 0 Å². The standard InChI is InChI=1S/C15H21NO4S/c1-10-5-11(2)15(6-12(10)9-17)21(18,19)16-7-13-3-4-14(8-16)20-13/h5-6,13-14,17H,3-4,7-9H2,1-2H3. The van der Waals surface area contributed by atoms with Crippen LogP contribution in [0.1, 0.15) is 29.5 Å². The van der Waals surface area contributed by atoms with Gasteiger partial charge >= 0.3 is 0 Å². The van der Waals surface area contributed by atoms with Crippen LogP contribution in [0.2, 0.25) is 0 Å². The number of aryl methyl sites for hydroxylation is 2. The molecule has 1 aromatic carbocycles. The maximum atomic E-state index is 12.9. The highest BCUT2D eigenvalue weighted by atomic mass is 32.2. The fraction of sp³-hybridized carbons (Fsp3) is 0.600. The van der Waals surface area contributed by atoms with E-state index in [0.29, 0.717) is 23.5 Å². The van der Waals surface area contributed by atoms with Crippen LogP contribution in [-0.2, 0) is 21.4 Å². The lowest BCUT2D eigenvalue weighted by atomic mass is 10.1. The molecule has 3 rings (SSSR count). The van der Waals surface area contributed by atoms with Crippen molar-refractivity contribution in [3.05, 3.63) is 28.8 Å². The third-order valence-corrected chi connectivity index (χ3v) is 6.41. The molecule has 2 bridgehead atoms. The topological polar surface area (TPSA) is 66.8 Å². The van der Waals surface area contributed by atoms with Gasteiger partial charge in [-0.3, -0.25) is 0 Å². The van der Waals surface area contributed by atoms with Gasteiger partial charge in [-0.1, -0.05) is 6.07 Å². The summed E-state index contributed by atoms with van der Waals surface area (Å²) in [6.07, 6.45) is 1.93. The summed E-state index contributed by atoms with van der Waals surface area (Å²) in [5.41, 5.74) is 2.30. The zero-order valence-corrected chi connectivity index (χ0v) is 13.2. The number of aliphatic hydroxyl groups is 1. The molecular formula is C15H21NO4S. The number of hydrogen-bond donors (Lipinski definition) is 1. The number of benzene rings is 1. The number of aliphatic hydroxyl groups excluding tert-OH is 1. The molecule has 0 aliphatic carbocycles. The number of morpholine rings is 1. The molecule has 2 fully saturated rings. The summed E-state index contributed by atoms with van der Waals surface area (Å²) < 4.78 is 33.0. The third-order valence-electron chi connectivity index (χ3n) is 4.43. The molecule has 1 aromatic rings. The Labute approximate surface area is 125 Å². The highest BCUT2D eigenvalue weighted by Gasteiger charge is 2.39. The fourth-order valence-electron chi connectivity index (χ4n) is 3.24. The van der Waals surface area contributed by atoms with E-state index in [9.17, 15) is 13.5 Å². The Morgan fingerprint density at radius 1 is 1.19 bits per heavy atom. The summed E-state index contributed by atoms with van der Waals surface area (Å²) in [6, 6.07) is 3.44. The van der Waals surface area contributed by atoms with E-state index in [1.165, 1.54) is 4.31 Å². The predicted molar refractivity (Wildman–Crippen MR) is 78.5 cm³/mol. The molecule has 2 atom stereocenters. The Kier molecular flexibility index (Phi) is 3.81. The number of sulfonamides is 1. The van der Waals surface area contributed by atoms with E-state index in [0.717, 1.165) is 24.0 Å². The number of hydrogen-bond acceptors (Lipinski definition) is 4. The fourth-order valence-corrected chi connectivity index (χ4v) is 5.00. The summed E-state index contributed by atoms with van der Waals surface area (Å²) in [6.45, 7) is 4.39. The summed E-state index contributed by atoms with van der Waals surface area (Å²) in [5.74, 6) is 0. The average molecular weight is 311 g/mol. The summed E-state index contributed by atoms with van der Waals surface area (Å²) in [7, 11) is -3.53. The van der Waals surface area contributed by atoms with E-state index < -0.39 is 10.0 Å². The maximum absolute atomic E-state index is 12.9. The second-order valence-corrected chi connectivity index (χ2v) is 7.89. The molecule has 0 spiro atoms. The lowest BCUT2D eigenvalue weighted by Gasteiger charge is -2.31. The average Bonchev–Trinajstić information content (AvgIpc) is 2.77. The maximum Gasteiger partial charge on any atom is 0.243 e. The highest BCUT2D eigenvalue weighted by Crippen LogP contribution is 2.31. The first kappa shape index (κ1) is 15.0. The molecule has 5 nitrogen and oxygen atoms in total. The number of rotatable bonds is 3. The van der Waals surface area contributed by atoms with Gasteiger partial charge in [-0.25, -0.2) is 8.42 Å². The van der Waals surface area contributed by atoms with Gasteiger partial charge in [0, 0.05) is 13.1 Å². The molecule has 2 unspecified atom stereocenters. The highest BCUT2D eigenvalue weighted by molar-refractivity contribution is 7.89. The van der Waals surface area contributed by atoms with Crippen molar-refractivity contribution in [3.8, 4) is 0 Å². The molecule has 0 saturated carbocycles. The molecular weight excluding hydrogens is 290 g/mol. The van der Waals surface area contributed by atoms with E-state index in [1.54, 1.807) is 13.0 Å². The van der Waals surface area contributed by atoms with Gasteiger partial charge < -0.3 is 9.84 Å². The van der Waals surface area contributed by atoms with Crippen molar-refractivity contribution < 1.29 is 18.3 Å². The molecule has 6 heteroatoms. The molecule has 0 amide bonds. The molecule has 116 valence electrons. The second kappa shape index (κ2) is 5.35. The zero-order valence-electron chi connectivity index (χ0n) is 12.4. The van der Waals surface area contributed by atoms with Crippen LogP contribution < -0.4 is 0 Å². The van der Waals surface area contributed by atoms with Gasteiger partial charge in [-0.2, -0.15) is 4.31 Å². The minimum Gasteiger partial charge on any atom is -0.392 e. The van der Waals surface area contributed by atoms with E-state index in [-0.39, 0.29) is 18.8 Å². The van der Waals surface area contributed by atoms with E-state index in [2.05, 4.69) is 0 Å². The van der Waals surface area contributed by atoms with Gasteiger partial charge in [0.1, 0.15) is 0 Å². The Morgan fingerprint density at radius 3 is 2.38 bits per heavy atom. The normalized spacial score (nSPS) is 26.2. The van der Waals surface area contributed by atoms with Crippen molar-refractivity contribution in [1.82, 2.24) is 4.31 Å². The van der Waals surface area contributed by atoms with E-state index in [4.69, 9.17) is 4.74 Å². The predicted octanol–water partition coefficient (Wildman–Crippen LogP) is 1.35. The Bertz CT molecular complexity index is 644. The molecule has 21 heavy (non-hydrogen) atoms. The smallest absolute Gasteiger partial charge is 0.243 e. The molecule has 1 N–H and O–H groups in total. The van der Waals surface area contributed by atoms with Crippen molar-refractivity contribution in [3.63, 3.8) is 0 Å². The van der Waals surface area contributed by atoms with Crippen molar-refractivity contribution in [2.45, 2.75) is 50.4 Å². The third kappa shape index (κ3) is 2.61. The number of fused-ring (bicyclic) bond motifs is 2. The first-order chi connectivity index (χ1) is 9.91. The zero-order chi connectivity index (χ0) is 15.2. The van der Waals surface area contributed by atoms with Crippen LogP contribution in [0, 0.1) is 13.8 Å². The largest absolute Gasteiger partial charge is 0.392 e. The number of nitrogens with zero attached hydrogens (tertiary/aromatic N) is 1. The van der Waals surface area contributed by atoms with Crippen molar-refractivity contribution >= 4 is 10.0 Å². The quantitative estimate of drug-likeness (QED) is 0.915. The Morgan fingerprint density at radius 2 is 1.81 bits per heavy atom. The Balaban J connectivity index is 1.98. The minimum absolute atomic E-state index is 0.0293. The van der Waals surface area contributed by atoms with Crippen LogP contribution in [-0.4, -0.2) is 43.1 Å². The summed E-state index contributed by atoms with van der Waals surface area (Å²) >= 11 is 0. The first-order valence-corrected chi connectivity index (χ1v) is 8.72. The minimum atomic E-state index is -3.53. The molecule has 2 aliphatic rings. The van der Waals surface area contributed by atoms with Gasteiger partial charge in [0.2, 0.25) is 10.0 Å². The first-order valence-electron chi connectivity index (χ1n) is 7.28. The lowest BCUT2D eigenvalue weighted by molar-refractivity contribution is -0.0114. The van der Waals surface area contributed by atoms with Crippen LogP contribution in [0.5, 0.6) is 0 Å².